The lowest BCUT2D eigenvalue weighted by atomic mass is 10.1. The third-order valence-electron chi connectivity index (χ3n) is 4.66. The van der Waals surface area contributed by atoms with E-state index in [4.69, 9.17) is 4.74 Å². The SMILES string of the molecule is Cc1nn(C)c(C)c1CC(=O)NC[C@H](C)N1C[C@@H](C)O[C@@H](C)C1. The van der Waals surface area contributed by atoms with Crippen LogP contribution in [-0.2, 0) is 23.0 Å². The molecule has 1 aliphatic rings. The summed E-state index contributed by atoms with van der Waals surface area (Å²) in [6.45, 7) is 12.8. The van der Waals surface area contributed by atoms with E-state index in [1.807, 2.05) is 25.6 Å². The van der Waals surface area contributed by atoms with E-state index in [-0.39, 0.29) is 18.1 Å². The minimum atomic E-state index is 0.0606. The van der Waals surface area contributed by atoms with Crippen molar-refractivity contribution in [2.75, 3.05) is 19.6 Å². The molecule has 23 heavy (non-hydrogen) atoms. The molecule has 0 aliphatic carbocycles. The third kappa shape index (κ3) is 4.54. The number of aryl methyl sites for hydroxylation is 2. The summed E-state index contributed by atoms with van der Waals surface area (Å²) < 4.78 is 7.59. The van der Waals surface area contributed by atoms with Crippen molar-refractivity contribution in [3.8, 4) is 0 Å². The number of nitrogens with zero attached hydrogens (tertiary/aromatic N) is 3. The van der Waals surface area contributed by atoms with Crippen LogP contribution in [0.4, 0.5) is 0 Å². The highest BCUT2D eigenvalue weighted by atomic mass is 16.5. The van der Waals surface area contributed by atoms with Crippen LogP contribution in [0.1, 0.15) is 37.7 Å². The smallest absolute Gasteiger partial charge is 0.224 e. The normalized spacial score (nSPS) is 23.7. The number of hydrogen-bond donors (Lipinski definition) is 1. The summed E-state index contributed by atoms with van der Waals surface area (Å²) in [5.74, 6) is 0.0606. The van der Waals surface area contributed by atoms with Crippen molar-refractivity contribution >= 4 is 5.91 Å². The molecule has 0 radical (unpaired) electrons. The van der Waals surface area contributed by atoms with Crippen molar-refractivity contribution in [1.82, 2.24) is 20.0 Å². The van der Waals surface area contributed by atoms with Crippen LogP contribution in [0.2, 0.25) is 0 Å². The molecule has 0 aromatic carbocycles. The second-order valence-corrected chi connectivity index (χ2v) is 6.81. The van der Waals surface area contributed by atoms with Crippen LogP contribution in [0.15, 0.2) is 0 Å². The van der Waals surface area contributed by atoms with Gasteiger partial charge in [-0.1, -0.05) is 0 Å². The molecule has 1 aromatic heterocycles. The van der Waals surface area contributed by atoms with Crippen LogP contribution < -0.4 is 5.32 Å². The molecular weight excluding hydrogens is 292 g/mol. The fourth-order valence-electron chi connectivity index (χ4n) is 3.26. The van der Waals surface area contributed by atoms with E-state index < -0.39 is 0 Å². The molecule has 130 valence electrons. The van der Waals surface area contributed by atoms with Gasteiger partial charge in [-0.25, -0.2) is 0 Å². The minimum Gasteiger partial charge on any atom is -0.373 e. The molecule has 0 spiro atoms. The number of carbonyl (C=O) groups excluding carboxylic acids is 1. The minimum absolute atomic E-state index is 0.0606. The first-order chi connectivity index (χ1) is 10.8. The fraction of sp³-hybridized carbons (Fsp3) is 0.765. The van der Waals surface area contributed by atoms with Crippen molar-refractivity contribution in [2.24, 2.45) is 7.05 Å². The molecule has 0 saturated carbocycles. The first-order valence-electron chi connectivity index (χ1n) is 8.43. The highest BCUT2D eigenvalue weighted by Crippen LogP contribution is 2.14. The molecule has 3 atom stereocenters. The predicted molar refractivity (Wildman–Crippen MR) is 90.4 cm³/mol. The van der Waals surface area contributed by atoms with Crippen LogP contribution in [-0.4, -0.2) is 58.5 Å². The van der Waals surface area contributed by atoms with Gasteiger partial charge in [0.15, 0.2) is 0 Å². The number of hydrogen-bond acceptors (Lipinski definition) is 4. The largest absolute Gasteiger partial charge is 0.373 e. The third-order valence-corrected chi connectivity index (χ3v) is 4.66. The molecule has 1 amide bonds. The Labute approximate surface area is 139 Å². The lowest BCUT2D eigenvalue weighted by molar-refractivity contribution is -0.121. The molecule has 1 aliphatic heterocycles. The number of nitrogens with one attached hydrogen (secondary N) is 1. The Bertz CT molecular complexity index is 545. The zero-order valence-electron chi connectivity index (χ0n) is 15.2. The summed E-state index contributed by atoms with van der Waals surface area (Å²) in [5, 5.41) is 7.43. The summed E-state index contributed by atoms with van der Waals surface area (Å²) in [6.07, 6.45) is 0.893. The second-order valence-electron chi connectivity index (χ2n) is 6.81. The van der Waals surface area contributed by atoms with Gasteiger partial charge in [-0.15, -0.1) is 0 Å². The average molecular weight is 322 g/mol. The zero-order valence-corrected chi connectivity index (χ0v) is 15.2. The van der Waals surface area contributed by atoms with E-state index in [1.165, 1.54) is 0 Å². The number of carbonyl (C=O) groups is 1. The van der Waals surface area contributed by atoms with Crippen molar-refractivity contribution in [3.05, 3.63) is 17.0 Å². The summed E-state index contributed by atoms with van der Waals surface area (Å²) in [5.41, 5.74) is 3.02. The van der Waals surface area contributed by atoms with Gasteiger partial charge >= 0.3 is 0 Å². The Morgan fingerprint density at radius 3 is 2.48 bits per heavy atom. The van der Waals surface area contributed by atoms with Gasteiger partial charge in [0.1, 0.15) is 0 Å². The average Bonchev–Trinajstić information content (AvgIpc) is 2.70. The quantitative estimate of drug-likeness (QED) is 0.885. The van der Waals surface area contributed by atoms with Gasteiger partial charge < -0.3 is 10.1 Å². The van der Waals surface area contributed by atoms with Gasteiger partial charge in [0.05, 0.1) is 24.3 Å². The van der Waals surface area contributed by atoms with Gasteiger partial charge in [-0.3, -0.25) is 14.4 Å². The van der Waals surface area contributed by atoms with Crippen molar-refractivity contribution in [2.45, 2.75) is 59.3 Å². The molecule has 1 aromatic rings. The van der Waals surface area contributed by atoms with Crippen LogP contribution in [0.3, 0.4) is 0 Å². The van der Waals surface area contributed by atoms with E-state index in [9.17, 15) is 4.79 Å². The lowest BCUT2D eigenvalue weighted by Gasteiger charge is -2.39. The molecule has 0 bridgehead atoms. The number of ether oxygens (including phenoxy) is 1. The lowest BCUT2D eigenvalue weighted by Crippen LogP contribution is -2.52. The maximum Gasteiger partial charge on any atom is 0.224 e. The molecule has 1 saturated heterocycles. The number of aromatic nitrogens is 2. The number of amides is 1. The summed E-state index contributed by atoms with van der Waals surface area (Å²) in [7, 11) is 1.91. The van der Waals surface area contributed by atoms with Crippen LogP contribution in [0, 0.1) is 13.8 Å². The van der Waals surface area contributed by atoms with E-state index in [1.54, 1.807) is 0 Å². The highest BCUT2D eigenvalue weighted by Gasteiger charge is 2.25. The van der Waals surface area contributed by atoms with E-state index in [0.717, 1.165) is 30.0 Å². The van der Waals surface area contributed by atoms with Crippen LogP contribution in [0.25, 0.3) is 0 Å². The van der Waals surface area contributed by atoms with Gasteiger partial charge in [0.2, 0.25) is 5.91 Å². The van der Waals surface area contributed by atoms with Gasteiger partial charge in [0, 0.05) is 44.0 Å². The molecule has 1 N–H and O–H groups in total. The van der Waals surface area contributed by atoms with Gasteiger partial charge in [0.25, 0.3) is 0 Å². The van der Waals surface area contributed by atoms with Crippen molar-refractivity contribution in [3.63, 3.8) is 0 Å². The summed E-state index contributed by atoms with van der Waals surface area (Å²) >= 11 is 0. The van der Waals surface area contributed by atoms with Gasteiger partial charge in [-0.05, 0) is 34.6 Å². The molecule has 1 fully saturated rings. The molecule has 2 rings (SSSR count). The van der Waals surface area contributed by atoms with Crippen molar-refractivity contribution < 1.29 is 9.53 Å². The first kappa shape index (κ1) is 17.9. The Morgan fingerprint density at radius 2 is 1.96 bits per heavy atom. The van der Waals surface area contributed by atoms with E-state index >= 15 is 0 Å². The van der Waals surface area contributed by atoms with E-state index in [2.05, 4.69) is 36.1 Å². The van der Waals surface area contributed by atoms with Gasteiger partial charge in [-0.2, -0.15) is 5.10 Å². The Hall–Kier alpha value is -1.40. The Kier molecular flexibility index (Phi) is 5.81. The molecule has 0 unspecified atom stereocenters. The number of morpholine rings is 1. The van der Waals surface area contributed by atoms with E-state index in [0.29, 0.717) is 19.0 Å². The molecule has 6 nitrogen and oxygen atoms in total. The van der Waals surface area contributed by atoms with Crippen LogP contribution >= 0.6 is 0 Å². The summed E-state index contributed by atoms with van der Waals surface area (Å²) in [6, 6.07) is 0.309. The Morgan fingerprint density at radius 1 is 1.35 bits per heavy atom. The highest BCUT2D eigenvalue weighted by molar-refractivity contribution is 5.79. The summed E-state index contributed by atoms with van der Waals surface area (Å²) in [4.78, 5) is 14.6. The second kappa shape index (κ2) is 7.45. The zero-order chi connectivity index (χ0) is 17.1. The predicted octanol–water partition coefficient (Wildman–Crippen LogP) is 1.19. The first-order valence-corrected chi connectivity index (χ1v) is 8.43. The maximum atomic E-state index is 12.3. The number of rotatable bonds is 5. The van der Waals surface area contributed by atoms with Crippen molar-refractivity contribution in [1.29, 1.82) is 0 Å². The Balaban J connectivity index is 1.84. The maximum absolute atomic E-state index is 12.3. The standard InChI is InChI=1S/C17H30N4O2/c1-11(21-9-12(2)23-13(3)10-21)8-18-17(22)7-16-14(4)19-20(6)15(16)5/h11-13H,7-10H2,1-6H3,(H,18,22)/t11-,12-,13+/m0/s1. The molecule has 2 heterocycles. The van der Waals surface area contributed by atoms with Crippen LogP contribution in [0.5, 0.6) is 0 Å². The molecule has 6 heteroatoms. The fourth-order valence-corrected chi connectivity index (χ4v) is 3.26. The monoisotopic (exact) mass is 322 g/mol. The topological polar surface area (TPSA) is 59.4 Å². The molecular formula is C17H30N4O2.